The lowest BCUT2D eigenvalue weighted by Gasteiger charge is -2.09. The normalized spacial score (nSPS) is 10.4. The highest BCUT2D eigenvalue weighted by atomic mass is 35.5. The van der Waals surface area contributed by atoms with Gasteiger partial charge >= 0.3 is 0 Å². The lowest BCUT2D eigenvalue weighted by molar-refractivity contribution is 1.31. The Kier molecular flexibility index (Phi) is 2.84. The zero-order chi connectivity index (χ0) is 11.7. The zero-order valence-electron chi connectivity index (χ0n) is 9.29. The van der Waals surface area contributed by atoms with Gasteiger partial charge in [-0.3, -0.25) is 0 Å². The molecular weight excluding hydrogens is 220 g/mol. The molecule has 0 bridgehead atoms. The van der Waals surface area contributed by atoms with Crippen molar-refractivity contribution in [3.8, 4) is 11.1 Å². The fraction of sp³-hybridized carbons (Fsp3) is 0.154. The van der Waals surface area contributed by atoms with E-state index in [4.69, 9.17) is 17.3 Å². The third-order valence-electron chi connectivity index (χ3n) is 2.73. The Bertz CT molecular complexity index is 515. The van der Waals surface area contributed by atoms with Crippen molar-refractivity contribution in [1.82, 2.24) is 4.98 Å². The molecule has 0 saturated heterocycles. The highest BCUT2D eigenvalue weighted by molar-refractivity contribution is 6.29. The summed E-state index contributed by atoms with van der Waals surface area (Å²) in [6, 6.07) is 9.86. The number of nitrogen functional groups attached to an aromatic ring is 1. The van der Waals surface area contributed by atoms with Crippen LogP contribution < -0.4 is 5.73 Å². The molecule has 1 aromatic heterocycles. The summed E-state index contributed by atoms with van der Waals surface area (Å²) in [7, 11) is 0. The minimum absolute atomic E-state index is 0.427. The summed E-state index contributed by atoms with van der Waals surface area (Å²) in [5, 5.41) is 0.427. The van der Waals surface area contributed by atoms with E-state index in [1.807, 2.05) is 18.2 Å². The molecule has 82 valence electrons. The van der Waals surface area contributed by atoms with E-state index in [1.165, 1.54) is 11.1 Å². The van der Waals surface area contributed by atoms with Gasteiger partial charge in [-0.25, -0.2) is 4.98 Å². The molecule has 2 aromatic rings. The first-order valence-corrected chi connectivity index (χ1v) is 5.45. The Morgan fingerprint density at radius 1 is 1.19 bits per heavy atom. The molecule has 16 heavy (non-hydrogen) atoms. The number of nitrogens with two attached hydrogens (primary N) is 1. The van der Waals surface area contributed by atoms with Crippen LogP contribution in [0.25, 0.3) is 11.1 Å². The van der Waals surface area contributed by atoms with E-state index in [0.29, 0.717) is 11.0 Å². The van der Waals surface area contributed by atoms with Gasteiger partial charge in [0.15, 0.2) is 0 Å². The highest BCUT2D eigenvalue weighted by Crippen LogP contribution is 2.28. The van der Waals surface area contributed by atoms with Gasteiger partial charge in [0.05, 0.1) is 0 Å². The SMILES string of the molecule is Cc1cccc(-c2cc(N)nc(Cl)c2)c1C. The molecule has 3 heteroatoms. The molecule has 2 rings (SSSR count). The van der Waals surface area contributed by atoms with Crippen molar-refractivity contribution in [2.45, 2.75) is 13.8 Å². The molecule has 2 N–H and O–H groups in total. The second kappa shape index (κ2) is 4.14. The molecule has 0 amide bonds. The lowest BCUT2D eigenvalue weighted by Crippen LogP contribution is -1.93. The first-order valence-electron chi connectivity index (χ1n) is 5.07. The third-order valence-corrected chi connectivity index (χ3v) is 2.92. The Balaban J connectivity index is 2.63. The van der Waals surface area contributed by atoms with Crippen LogP contribution in [-0.4, -0.2) is 4.98 Å². The molecule has 0 spiro atoms. The van der Waals surface area contributed by atoms with Crippen LogP contribution in [0.3, 0.4) is 0 Å². The van der Waals surface area contributed by atoms with Gasteiger partial charge < -0.3 is 5.73 Å². The number of anilines is 1. The largest absolute Gasteiger partial charge is 0.384 e. The Morgan fingerprint density at radius 2 is 1.94 bits per heavy atom. The molecule has 0 aliphatic heterocycles. The minimum Gasteiger partial charge on any atom is -0.384 e. The van der Waals surface area contributed by atoms with E-state index >= 15 is 0 Å². The summed E-state index contributed by atoms with van der Waals surface area (Å²) in [6.45, 7) is 4.18. The van der Waals surface area contributed by atoms with Gasteiger partial charge in [-0.15, -0.1) is 0 Å². The number of pyridine rings is 1. The van der Waals surface area contributed by atoms with Gasteiger partial charge in [-0.1, -0.05) is 29.8 Å². The Labute approximate surface area is 100 Å². The van der Waals surface area contributed by atoms with Crippen LogP contribution in [0.5, 0.6) is 0 Å². The second-order valence-electron chi connectivity index (χ2n) is 3.85. The molecule has 0 atom stereocenters. The van der Waals surface area contributed by atoms with Gasteiger partial charge in [0.2, 0.25) is 0 Å². The quantitative estimate of drug-likeness (QED) is 0.763. The topological polar surface area (TPSA) is 38.9 Å². The Hall–Kier alpha value is -1.54. The first kappa shape index (κ1) is 11.0. The maximum absolute atomic E-state index is 5.90. The van der Waals surface area contributed by atoms with E-state index in [-0.39, 0.29) is 0 Å². The Morgan fingerprint density at radius 3 is 2.62 bits per heavy atom. The van der Waals surface area contributed by atoms with Crippen molar-refractivity contribution in [3.05, 3.63) is 46.6 Å². The lowest BCUT2D eigenvalue weighted by atomic mass is 9.98. The maximum atomic E-state index is 5.90. The molecule has 1 heterocycles. The number of hydrogen-bond acceptors (Lipinski definition) is 2. The van der Waals surface area contributed by atoms with E-state index in [2.05, 4.69) is 31.0 Å². The van der Waals surface area contributed by atoms with Crippen molar-refractivity contribution in [1.29, 1.82) is 0 Å². The van der Waals surface area contributed by atoms with Crippen molar-refractivity contribution in [2.24, 2.45) is 0 Å². The average molecular weight is 233 g/mol. The van der Waals surface area contributed by atoms with Crippen LogP contribution >= 0.6 is 11.6 Å². The number of aryl methyl sites for hydroxylation is 1. The molecular formula is C13H13ClN2. The average Bonchev–Trinajstić information content (AvgIpc) is 2.20. The molecule has 0 unspecified atom stereocenters. The number of hydrogen-bond donors (Lipinski definition) is 1. The molecule has 0 radical (unpaired) electrons. The fourth-order valence-electron chi connectivity index (χ4n) is 1.74. The standard InChI is InChI=1S/C13H13ClN2/c1-8-4-3-5-11(9(8)2)10-6-12(14)16-13(15)7-10/h3-7H,1-2H3,(H2,15,16). The van der Waals surface area contributed by atoms with E-state index < -0.39 is 0 Å². The molecule has 0 saturated carbocycles. The number of aromatic nitrogens is 1. The molecule has 0 aliphatic carbocycles. The van der Waals surface area contributed by atoms with Crippen molar-refractivity contribution in [3.63, 3.8) is 0 Å². The zero-order valence-corrected chi connectivity index (χ0v) is 10.0. The second-order valence-corrected chi connectivity index (χ2v) is 4.24. The highest BCUT2D eigenvalue weighted by Gasteiger charge is 2.05. The summed E-state index contributed by atoms with van der Waals surface area (Å²) in [6.07, 6.45) is 0. The molecule has 0 fully saturated rings. The third kappa shape index (κ3) is 2.02. The van der Waals surface area contributed by atoms with Crippen molar-refractivity contribution < 1.29 is 0 Å². The van der Waals surface area contributed by atoms with E-state index in [1.54, 1.807) is 0 Å². The van der Waals surface area contributed by atoms with Crippen LogP contribution in [-0.2, 0) is 0 Å². The van der Waals surface area contributed by atoms with Gasteiger partial charge in [0.1, 0.15) is 11.0 Å². The summed E-state index contributed by atoms with van der Waals surface area (Å²) >= 11 is 5.90. The predicted molar refractivity (Wildman–Crippen MR) is 68.6 cm³/mol. The number of halogens is 1. The van der Waals surface area contributed by atoms with Crippen LogP contribution in [0.1, 0.15) is 11.1 Å². The van der Waals surface area contributed by atoms with Crippen LogP contribution in [0.2, 0.25) is 5.15 Å². The van der Waals surface area contributed by atoms with Crippen molar-refractivity contribution >= 4 is 17.4 Å². The van der Waals surface area contributed by atoms with Crippen LogP contribution in [0.4, 0.5) is 5.82 Å². The fourth-order valence-corrected chi connectivity index (χ4v) is 1.95. The predicted octanol–water partition coefficient (Wildman–Crippen LogP) is 3.60. The summed E-state index contributed by atoms with van der Waals surface area (Å²) in [5.41, 5.74) is 10.3. The van der Waals surface area contributed by atoms with Gasteiger partial charge in [0.25, 0.3) is 0 Å². The van der Waals surface area contributed by atoms with Gasteiger partial charge in [-0.2, -0.15) is 0 Å². The summed E-state index contributed by atoms with van der Waals surface area (Å²) < 4.78 is 0. The van der Waals surface area contributed by atoms with Gasteiger partial charge in [-0.05, 0) is 48.2 Å². The van der Waals surface area contributed by atoms with Crippen LogP contribution in [0.15, 0.2) is 30.3 Å². The maximum Gasteiger partial charge on any atom is 0.132 e. The number of benzene rings is 1. The van der Waals surface area contributed by atoms with Crippen molar-refractivity contribution in [2.75, 3.05) is 5.73 Å². The minimum atomic E-state index is 0.427. The first-order chi connectivity index (χ1) is 7.58. The van der Waals surface area contributed by atoms with Gasteiger partial charge in [0, 0.05) is 0 Å². The molecule has 1 aromatic carbocycles. The van der Waals surface area contributed by atoms with E-state index in [0.717, 1.165) is 11.1 Å². The smallest absolute Gasteiger partial charge is 0.132 e. The van der Waals surface area contributed by atoms with Crippen LogP contribution in [0, 0.1) is 13.8 Å². The monoisotopic (exact) mass is 232 g/mol. The molecule has 2 nitrogen and oxygen atoms in total. The summed E-state index contributed by atoms with van der Waals surface area (Å²) in [5.74, 6) is 0.448. The summed E-state index contributed by atoms with van der Waals surface area (Å²) in [4.78, 5) is 3.96. The number of rotatable bonds is 1. The van der Waals surface area contributed by atoms with E-state index in [9.17, 15) is 0 Å². The number of nitrogens with zero attached hydrogens (tertiary/aromatic N) is 1. The molecule has 0 aliphatic rings.